The molecule has 0 aromatic carbocycles. The molecule has 0 amide bonds. The third-order valence-corrected chi connectivity index (χ3v) is 11.0. The summed E-state index contributed by atoms with van der Waals surface area (Å²) < 4.78 is 31.6. The molecule has 0 aliphatic rings. The van der Waals surface area contributed by atoms with Crippen molar-refractivity contribution in [1.82, 2.24) is 0 Å². The zero-order valence-corrected chi connectivity index (χ0v) is 30.5. The molecule has 2 N–H and O–H groups in total. The highest BCUT2D eigenvalue weighted by molar-refractivity contribution is 7.96. The zero-order valence-electron chi connectivity index (χ0n) is 28.9. The van der Waals surface area contributed by atoms with Gasteiger partial charge >= 0.3 is 10.4 Å². The van der Waals surface area contributed by atoms with Crippen molar-refractivity contribution < 1.29 is 17.5 Å². The Kier molecular flexibility index (Phi) is 39.5. The van der Waals surface area contributed by atoms with E-state index in [-0.39, 0.29) is 0 Å². The molecular weight excluding hydrogens is 561 g/mol. The van der Waals surface area contributed by atoms with E-state index in [1.165, 1.54) is 193 Å². The first-order valence-electron chi connectivity index (χ1n) is 18.7. The predicted octanol–water partition coefficient (Wildman–Crippen LogP) is 12.7. The molecule has 4 nitrogen and oxygen atoms in total. The first-order valence-corrected chi connectivity index (χ1v) is 21.8. The predicted molar refractivity (Wildman–Crippen MR) is 192 cm³/mol. The van der Waals surface area contributed by atoms with E-state index in [9.17, 15) is 0 Å². The van der Waals surface area contributed by atoms with E-state index in [1.54, 1.807) is 17.3 Å². The molecule has 0 atom stereocenters. The summed E-state index contributed by atoms with van der Waals surface area (Å²) in [6, 6.07) is 0. The van der Waals surface area contributed by atoms with E-state index in [0.717, 1.165) is 10.9 Å². The second-order valence-corrected chi connectivity index (χ2v) is 16.1. The second-order valence-electron chi connectivity index (χ2n) is 12.7. The number of hydrogen-bond donors (Lipinski definition) is 2. The number of hydrogen-bond acceptors (Lipinski definition) is 2. The lowest BCUT2D eigenvalue weighted by atomic mass is 10.1. The lowest BCUT2D eigenvalue weighted by Gasteiger charge is -2.10. The van der Waals surface area contributed by atoms with Crippen LogP contribution in [0.1, 0.15) is 213 Å². The molecule has 0 unspecified atom stereocenters. The maximum absolute atomic E-state index is 8.74. The van der Waals surface area contributed by atoms with Crippen molar-refractivity contribution in [3.05, 3.63) is 0 Å². The lowest BCUT2D eigenvalue weighted by Crippen LogP contribution is -2.17. The standard InChI is InChI=1S/C36H75S.H2O4S/c1-4-7-10-13-16-19-22-25-28-31-34-37(35-32-29-26-23-20-17-14-11-8-5-2)36-33-30-27-24-21-18-15-12-9-6-3;1-5(2,3)4/h4-36H2,1-3H3;(H2,1,2,3,4)/q+1;. The lowest BCUT2D eigenvalue weighted by molar-refractivity contribution is 0.381. The van der Waals surface area contributed by atoms with Crippen LogP contribution in [0.2, 0.25) is 0 Å². The van der Waals surface area contributed by atoms with Gasteiger partial charge in [-0.1, -0.05) is 175 Å². The molecule has 256 valence electrons. The average Bonchev–Trinajstić information content (AvgIpc) is 2.94. The summed E-state index contributed by atoms with van der Waals surface area (Å²) in [6.07, 6.45) is 44.3. The SMILES string of the molecule is CCCCCCCCCCCC[S+](CCCCCCCCCCCC)CCCCCCCCCCCC.O=S(=O)(O)O. The van der Waals surface area contributed by atoms with E-state index >= 15 is 0 Å². The summed E-state index contributed by atoms with van der Waals surface area (Å²) in [5, 5.41) is 0. The van der Waals surface area contributed by atoms with Gasteiger partial charge in [-0.15, -0.1) is 0 Å². The maximum atomic E-state index is 8.74. The third kappa shape index (κ3) is 47.2. The van der Waals surface area contributed by atoms with Gasteiger partial charge in [0.15, 0.2) is 0 Å². The van der Waals surface area contributed by atoms with Crippen LogP contribution in [0.4, 0.5) is 0 Å². The highest BCUT2D eigenvalue weighted by atomic mass is 32.3. The van der Waals surface area contributed by atoms with Crippen LogP contribution in [0.5, 0.6) is 0 Å². The maximum Gasteiger partial charge on any atom is 0.394 e. The summed E-state index contributed by atoms with van der Waals surface area (Å²) in [7, 11) is -3.93. The molecule has 42 heavy (non-hydrogen) atoms. The molecule has 0 bridgehead atoms. The minimum absolute atomic E-state index is 0.738. The Hall–Kier alpha value is 0.220. The van der Waals surface area contributed by atoms with E-state index in [4.69, 9.17) is 17.5 Å². The van der Waals surface area contributed by atoms with Crippen LogP contribution in [-0.4, -0.2) is 34.8 Å². The van der Waals surface area contributed by atoms with Crippen molar-refractivity contribution in [3.63, 3.8) is 0 Å². The molecule has 0 aromatic heterocycles. The molecular formula is C36H77O4S2+. The van der Waals surface area contributed by atoms with E-state index in [0.29, 0.717) is 0 Å². The van der Waals surface area contributed by atoms with E-state index in [2.05, 4.69) is 20.8 Å². The first kappa shape index (κ1) is 44.3. The number of unbranched alkanes of at least 4 members (excludes halogenated alkanes) is 27. The molecule has 6 heteroatoms. The minimum Gasteiger partial charge on any atom is -0.264 e. The van der Waals surface area contributed by atoms with Crippen LogP contribution < -0.4 is 0 Å². The third-order valence-electron chi connectivity index (χ3n) is 8.36. The monoisotopic (exact) mass is 638 g/mol. The largest absolute Gasteiger partial charge is 0.394 e. The quantitative estimate of drug-likeness (QED) is 0.0426. The normalized spacial score (nSPS) is 11.7. The van der Waals surface area contributed by atoms with Crippen LogP contribution >= 0.6 is 0 Å². The van der Waals surface area contributed by atoms with Gasteiger partial charge in [0.2, 0.25) is 0 Å². The van der Waals surface area contributed by atoms with Crippen molar-refractivity contribution in [3.8, 4) is 0 Å². The summed E-state index contributed by atoms with van der Waals surface area (Å²) in [6.45, 7) is 6.96. The molecule has 0 saturated carbocycles. The Bertz CT molecular complexity index is 518. The molecule has 0 radical (unpaired) electrons. The molecule has 0 aromatic rings. The molecule has 0 fully saturated rings. The zero-order chi connectivity index (χ0) is 31.4. The molecule has 0 aliphatic carbocycles. The van der Waals surface area contributed by atoms with Gasteiger partial charge in [0.25, 0.3) is 0 Å². The fourth-order valence-corrected chi connectivity index (χ4v) is 8.14. The van der Waals surface area contributed by atoms with Crippen molar-refractivity contribution in [2.75, 3.05) is 17.3 Å². The van der Waals surface area contributed by atoms with Gasteiger partial charge in [-0.3, -0.25) is 9.11 Å². The van der Waals surface area contributed by atoms with Gasteiger partial charge in [-0.25, -0.2) is 0 Å². The smallest absolute Gasteiger partial charge is 0.264 e. The summed E-state index contributed by atoms with van der Waals surface area (Å²) >= 11 is 0. The molecule has 0 heterocycles. The highest BCUT2D eigenvalue weighted by Gasteiger charge is 2.16. The average molecular weight is 638 g/mol. The summed E-state index contributed by atoms with van der Waals surface area (Å²) in [5.74, 6) is 4.68. The van der Waals surface area contributed by atoms with Crippen molar-refractivity contribution in [2.45, 2.75) is 213 Å². The van der Waals surface area contributed by atoms with E-state index in [1.807, 2.05) is 0 Å². The topological polar surface area (TPSA) is 74.6 Å². The fraction of sp³-hybridized carbons (Fsp3) is 1.00. The van der Waals surface area contributed by atoms with Crippen LogP contribution in [0.25, 0.3) is 0 Å². The summed E-state index contributed by atoms with van der Waals surface area (Å²) in [4.78, 5) is 0. The first-order chi connectivity index (χ1) is 20.3. The molecule has 0 rings (SSSR count). The number of rotatable bonds is 33. The Morgan fingerprint density at radius 1 is 0.333 bits per heavy atom. The van der Waals surface area contributed by atoms with Gasteiger partial charge in [-0.05, 0) is 49.4 Å². The van der Waals surface area contributed by atoms with Crippen molar-refractivity contribution in [1.29, 1.82) is 0 Å². The Labute approximate surface area is 268 Å². The van der Waals surface area contributed by atoms with Gasteiger partial charge < -0.3 is 0 Å². The van der Waals surface area contributed by atoms with Crippen LogP contribution in [0.3, 0.4) is 0 Å². The van der Waals surface area contributed by atoms with Crippen LogP contribution in [0, 0.1) is 0 Å². The molecule has 0 spiro atoms. The fourth-order valence-electron chi connectivity index (χ4n) is 5.69. The summed E-state index contributed by atoms with van der Waals surface area (Å²) in [5.41, 5.74) is 0. The van der Waals surface area contributed by atoms with Crippen molar-refractivity contribution in [2.24, 2.45) is 0 Å². The van der Waals surface area contributed by atoms with Gasteiger partial charge in [0, 0.05) is 0 Å². The van der Waals surface area contributed by atoms with Gasteiger partial charge in [-0.2, -0.15) is 8.42 Å². The Balaban J connectivity index is 0. The van der Waals surface area contributed by atoms with Crippen LogP contribution in [-0.2, 0) is 21.3 Å². The van der Waals surface area contributed by atoms with Crippen molar-refractivity contribution >= 4 is 21.3 Å². The Morgan fingerprint density at radius 3 is 0.643 bits per heavy atom. The highest BCUT2D eigenvalue weighted by Crippen LogP contribution is 2.17. The molecule has 0 saturated heterocycles. The van der Waals surface area contributed by atoms with E-state index < -0.39 is 10.4 Å². The minimum atomic E-state index is -4.67. The van der Waals surface area contributed by atoms with Crippen LogP contribution in [0.15, 0.2) is 0 Å². The Morgan fingerprint density at radius 2 is 0.476 bits per heavy atom. The second kappa shape index (κ2) is 37.4. The van der Waals surface area contributed by atoms with Gasteiger partial charge in [0.05, 0.1) is 0 Å². The molecule has 0 aliphatic heterocycles. The van der Waals surface area contributed by atoms with Gasteiger partial charge in [0.1, 0.15) is 17.3 Å².